The number of rotatable bonds is 4. The van der Waals surface area contributed by atoms with Gasteiger partial charge in [-0.1, -0.05) is 24.3 Å². The predicted molar refractivity (Wildman–Crippen MR) is 57.4 cm³/mol. The van der Waals surface area contributed by atoms with E-state index in [1.807, 2.05) is 0 Å². The molecule has 0 aliphatic carbocycles. The van der Waals surface area contributed by atoms with Crippen molar-refractivity contribution in [2.75, 3.05) is 0 Å². The van der Waals surface area contributed by atoms with Gasteiger partial charge in [-0.15, -0.1) is 0 Å². The fourth-order valence-electron chi connectivity index (χ4n) is 1.43. The van der Waals surface area contributed by atoms with E-state index in [-0.39, 0.29) is 12.2 Å². The number of carbonyl (C=O) groups is 1. The molecule has 0 aliphatic rings. The topological polar surface area (TPSA) is 81.3 Å². The first kappa shape index (κ1) is 12.4. The summed E-state index contributed by atoms with van der Waals surface area (Å²) in [6, 6.07) is 8.23. The van der Waals surface area contributed by atoms with Crippen LogP contribution in [0.15, 0.2) is 24.3 Å². The zero-order chi connectivity index (χ0) is 12.1. The van der Waals surface area contributed by atoms with Crippen molar-refractivity contribution in [3.05, 3.63) is 35.4 Å². The summed E-state index contributed by atoms with van der Waals surface area (Å²) in [4.78, 5) is 10.9. The van der Waals surface area contributed by atoms with Gasteiger partial charge in [0.2, 0.25) is 0 Å². The molecule has 0 aromatic heterocycles. The predicted octanol–water partition coefficient (Wildman–Crippen LogP) is 0.736. The van der Waals surface area contributed by atoms with Gasteiger partial charge in [-0.05, 0) is 18.1 Å². The zero-order valence-electron chi connectivity index (χ0n) is 8.92. The van der Waals surface area contributed by atoms with Crippen LogP contribution in [0.2, 0.25) is 0 Å². The first-order chi connectivity index (χ1) is 7.54. The van der Waals surface area contributed by atoms with Gasteiger partial charge in [0.05, 0.1) is 6.07 Å². The third kappa shape index (κ3) is 3.16. The fourth-order valence-corrected chi connectivity index (χ4v) is 1.43. The van der Waals surface area contributed by atoms with Gasteiger partial charge < -0.3 is 10.2 Å². The fraction of sp³-hybridized carbons (Fsp3) is 0.333. The molecule has 1 rings (SSSR count). The van der Waals surface area contributed by atoms with Crippen LogP contribution in [0.25, 0.3) is 0 Å². The van der Waals surface area contributed by atoms with Gasteiger partial charge in [0.25, 0.3) is 0 Å². The maximum absolute atomic E-state index is 10.9. The Labute approximate surface area is 93.8 Å². The van der Waals surface area contributed by atoms with Gasteiger partial charge in [0.15, 0.2) is 6.10 Å². The van der Waals surface area contributed by atoms with E-state index in [0.29, 0.717) is 5.56 Å². The molecule has 0 heterocycles. The van der Waals surface area contributed by atoms with Crippen molar-refractivity contribution in [3.63, 3.8) is 0 Å². The molecule has 84 valence electrons. The second-order valence-corrected chi connectivity index (χ2v) is 3.64. The summed E-state index contributed by atoms with van der Waals surface area (Å²) < 4.78 is 0. The lowest BCUT2D eigenvalue weighted by atomic mass is 10.0. The van der Waals surface area contributed by atoms with Crippen LogP contribution < -0.4 is 0 Å². The maximum Gasteiger partial charge on any atom is 0.170 e. The molecule has 0 radical (unpaired) electrons. The van der Waals surface area contributed by atoms with Crippen molar-refractivity contribution in [1.29, 1.82) is 5.26 Å². The van der Waals surface area contributed by atoms with Gasteiger partial charge in [-0.25, -0.2) is 0 Å². The summed E-state index contributed by atoms with van der Waals surface area (Å²) in [6.45, 7) is 1.48. The first-order valence-corrected chi connectivity index (χ1v) is 4.88. The van der Waals surface area contributed by atoms with Gasteiger partial charge in [-0.3, -0.25) is 4.79 Å². The van der Waals surface area contributed by atoms with Crippen LogP contribution in [0.3, 0.4) is 0 Å². The van der Waals surface area contributed by atoms with Crippen LogP contribution in [0.1, 0.15) is 24.2 Å². The summed E-state index contributed by atoms with van der Waals surface area (Å²) in [5, 5.41) is 27.2. The van der Waals surface area contributed by atoms with Crippen LogP contribution >= 0.6 is 0 Å². The number of hydrogen-bond donors (Lipinski definition) is 2. The molecule has 1 aromatic carbocycles. The van der Waals surface area contributed by atoms with E-state index >= 15 is 0 Å². The highest BCUT2D eigenvalue weighted by atomic mass is 16.3. The van der Waals surface area contributed by atoms with Crippen molar-refractivity contribution in [3.8, 4) is 6.07 Å². The third-order valence-electron chi connectivity index (χ3n) is 2.18. The Morgan fingerprint density at radius 3 is 2.75 bits per heavy atom. The number of aliphatic hydroxyl groups is 2. The summed E-state index contributed by atoms with van der Waals surface area (Å²) in [7, 11) is 0. The number of benzene rings is 1. The van der Waals surface area contributed by atoms with Crippen LogP contribution in [-0.4, -0.2) is 22.1 Å². The normalized spacial score (nSPS) is 13.9. The molecule has 2 N–H and O–H groups in total. The second-order valence-electron chi connectivity index (χ2n) is 3.64. The quantitative estimate of drug-likeness (QED) is 0.732. The van der Waals surface area contributed by atoms with E-state index in [2.05, 4.69) is 0 Å². The summed E-state index contributed by atoms with van der Waals surface area (Å²) in [5.74, 6) is 0.0208. The molecule has 0 spiro atoms. The Balaban J connectivity index is 2.90. The van der Waals surface area contributed by atoms with Crippen LogP contribution in [0, 0.1) is 11.3 Å². The van der Waals surface area contributed by atoms with Crippen LogP contribution in [0.5, 0.6) is 0 Å². The monoisotopic (exact) mass is 219 g/mol. The van der Waals surface area contributed by atoms with Crippen molar-refractivity contribution in [2.24, 2.45) is 0 Å². The summed E-state index contributed by atoms with van der Waals surface area (Å²) in [6.07, 6.45) is -2.41. The van der Waals surface area contributed by atoms with E-state index in [0.717, 1.165) is 5.56 Å². The smallest absolute Gasteiger partial charge is 0.170 e. The van der Waals surface area contributed by atoms with Crippen molar-refractivity contribution >= 4 is 5.78 Å². The molecule has 16 heavy (non-hydrogen) atoms. The van der Waals surface area contributed by atoms with E-state index in [1.54, 1.807) is 30.3 Å². The number of nitriles is 1. The molecular formula is C12H13NO3. The number of hydrogen-bond acceptors (Lipinski definition) is 4. The van der Waals surface area contributed by atoms with Gasteiger partial charge >= 0.3 is 0 Å². The summed E-state index contributed by atoms with van der Waals surface area (Å²) >= 11 is 0. The van der Waals surface area contributed by atoms with Gasteiger partial charge in [0.1, 0.15) is 11.9 Å². The molecule has 1 aromatic rings. The molecule has 0 saturated carbocycles. The van der Waals surface area contributed by atoms with E-state index in [4.69, 9.17) is 5.26 Å². The molecule has 0 aliphatic heterocycles. The van der Waals surface area contributed by atoms with E-state index in [1.165, 1.54) is 6.92 Å². The number of ketones is 1. The lowest BCUT2D eigenvalue weighted by Gasteiger charge is -2.12. The van der Waals surface area contributed by atoms with Crippen LogP contribution in [0.4, 0.5) is 0 Å². The van der Waals surface area contributed by atoms with Gasteiger partial charge in [-0.2, -0.15) is 5.26 Å². The molecule has 0 bridgehead atoms. The molecule has 0 saturated heterocycles. The van der Waals surface area contributed by atoms with E-state index < -0.39 is 12.2 Å². The minimum absolute atomic E-state index is 0.0208. The Morgan fingerprint density at radius 1 is 1.50 bits per heavy atom. The lowest BCUT2D eigenvalue weighted by molar-refractivity contribution is -0.116. The van der Waals surface area contributed by atoms with Crippen LogP contribution in [-0.2, 0) is 11.2 Å². The van der Waals surface area contributed by atoms with Gasteiger partial charge in [0, 0.05) is 6.42 Å². The summed E-state index contributed by atoms with van der Waals surface area (Å²) in [5.41, 5.74) is 1.20. The Morgan fingerprint density at radius 2 is 2.19 bits per heavy atom. The Hall–Kier alpha value is -1.70. The number of aliphatic hydroxyl groups excluding tert-OH is 2. The minimum Gasteiger partial charge on any atom is -0.385 e. The molecule has 2 unspecified atom stereocenters. The molecule has 0 amide bonds. The maximum atomic E-state index is 10.9. The molecule has 2 atom stereocenters. The third-order valence-corrected chi connectivity index (χ3v) is 2.18. The minimum atomic E-state index is -1.45. The van der Waals surface area contributed by atoms with E-state index in [9.17, 15) is 15.0 Å². The highest BCUT2D eigenvalue weighted by Gasteiger charge is 2.17. The standard InChI is InChI=1S/C12H13NO3/c1-8(14)5-9-3-2-4-10(6-9)12(16)11(15)7-13/h2-4,6,11-12,15-16H,5H2,1H3. The number of carbonyl (C=O) groups excluding carboxylic acids is 1. The Bertz CT molecular complexity index is 423. The molecule has 0 fully saturated rings. The zero-order valence-corrected chi connectivity index (χ0v) is 8.92. The lowest BCUT2D eigenvalue weighted by Crippen LogP contribution is -2.16. The number of nitrogens with zero attached hydrogens (tertiary/aromatic N) is 1. The van der Waals surface area contributed by atoms with Crippen molar-refractivity contribution in [1.82, 2.24) is 0 Å². The van der Waals surface area contributed by atoms with Crippen molar-refractivity contribution in [2.45, 2.75) is 25.6 Å². The molecule has 4 heteroatoms. The molecule has 4 nitrogen and oxygen atoms in total. The second kappa shape index (κ2) is 5.40. The highest BCUT2D eigenvalue weighted by Crippen LogP contribution is 2.18. The molecular weight excluding hydrogens is 206 g/mol. The number of Topliss-reactive ketones (excluding diaryl/α,β-unsaturated/α-hetero) is 1. The average Bonchev–Trinajstić information content (AvgIpc) is 2.26. The average molecular weight is 219 g/mol. The van der Waals surface area contributed by atoms with Crippen molar-refractivity contribution < 1.29 is 15.0 Å². The Kier molecular flexibility index (Phi) is 4.18. The largest absolute Gasteiger partial charge is 0.385 e. The highest BCUT2D eigenvalue weighted by molar-refractivity contribution is 5.78. The SMILES string of the molecule is CC(=O)Cc1cccc(C(O)C(O)C#N)c1. The first-order valence-electron chi connectivity index (χ1n) is 4.88.